The predicted molar refractivity (Wildman–Crippen MR) is 174 cm³/mol. The van der Waals surface area contributed by atoms with Crippen molar-refractivity contribution in [1.29, 1.82) is 0 Å². The third-order valence-corrected chi connectivity index (χ3v) is 8.63. The Morgan fingerprint density at radius 3 is 1.86 bits per heavy atom. The van der Waals surface area contributed by atoms with Gasteiger partial charge in [0.15, 0.2) is 17.5 Å². The van der Waals surface area contributed by atoms with Crippen LogP contribution in [0.1, 0.15) is 25.0 Å². The summed E-state index contributed by atoms with van der Waals surface area (Å²) in [5.41, 5.74) is 10.2. The summed E-state index contributed by atoms with van der Waals surface area (Å²) in [5, 5.41) is 2.56. The van der Waals surface area contributed by atoms with Crippen LogP contribution in [0.25, 0.3) is 67.2 Å². The molecule has 8 rings (SSSR count). The van der Waals surface area contributed by atoms with E-state index in [0.717, 1.165) is 27.8 Å². The fourth-order valence-electron chi connectivity index (χ4n) is 6.34. The van der Waals surface area contributed by atoms with Crippen LogP contribution in [0.3, 0.4) is 0 Å². The molecule has 0 amide bonds. The smallest absolute Gasteiger partial charge is 0.164 e. The molecule has 204 valence electrons. The van der Waals surface area contributed by atoms with Gasteiger partial charge in [-0.15, -0.1) is 0 Å². The van der Waals surface area contributed by atoms with Crippen molar-refractivity contribution in [2.75, 3.05) is 0 Å². The maximum atomic E-state index is 5.04. The van der Waals surface area contributed by atoms with Gasteiger partial charge in [0, 0.05) is 34.5 Å². The lowest BCUT2D eigenvalue weighted by Crippen LogP contribution is -2.15. The third-order valence-electron chi connectivity index (χ3n) is 8.63. The first-order valence-corrected chi connectivity index (χ1v) is 14.6. The maximum absolute atomic E-state index is 5.04. The molecule has 0 atom stereocenters. The molecule has 0 radical (unpaired) electrons. The van der Waals surface area contributed by atoms with Crippen molar-refractivity contribution in [2.24, 2.45) is 0 Å². The van der Waals surface area contributed by atoms with E-state index in [0.29, 0.717) is 17.5 Å². The Hall–Kier alpha value is -5.48. The molecule has 7 aromatic rings. The number of aromatic nitrogens is 4. The molecule has 0 N–H and O–H groups in total. The molecular formula is C39H28N4. The highest BCUT2D eigenvalue weighted by molar-refractivity contribution is 6.02. The first-order chi connectivity index (χ1) is 21.1. The topological polar surface area (TPSA) is 51.6 Å². The number of hydrogen-bond donors (Lipinski definition) is 0. The largest absolute Gasteiger partial charge is 0.264 e. The monoisotopic (exact) mass is 552 g/mol. The van der Waals surface area contributed by atoms with Gasteiger partial charge in [-0.3, -0.25) is 4.98 Å². The van der Waals surface area contributed by atoms with Gasteiger partial charge in [-0.05, 0) is 56.3 Å². The molecule has 0 fully saturated rings. The van der Waals surface area contributed by atoms with Gasteiger partial charge >= 0.3 is 0 Å². The van der Waals surface area contributed by atoms with Crippen molar-refractivity contribution >= 4 is 10.8 Å². The van der Waals surface area contributed by atoms with Crippen LogP contribution in [0.15, 0.2) is 134 Å². The summed E-state index contributed by atoms with van der Waals surface area (Å²) in [6.07, 6.45) is 3.66. The first-order valence-electron chi connectivity index (χ1n) is 14.6. The van der Waals surface area contributed by atoms with Crippen molar-refractivity contribution in [3.8, 4) is 56.4 Å². The molecule has 0 saturated carbocycles. The average molecular weight is 553 g/mol. The van der Waals surface area contributed by atoms with E-state index < -0.39 is 0 Å². The highest BCUT2D eigenvalue weighted by Crippen LogP contribution is 2.52. The summed E-state index contributed by atoms with van der Waals surface area (Å²) in [6.45, 7) is 4.63. The summed E-state index contributed by atoms with van der Waals surface area (Å²) in [4.78, 5) is 19.2. The summed E-state index contributed by atoms with van der Waals surface area (Å²) in [6, 6.07) is 42.4. The second-order valence-corrected chi connectivity index (χ2v) is 11.6. The van der Waals surface area contributed by atoms with Crippen LogP contribution < -0.4 is 0 Å². The number of nitrogens with zero attached hydrogens (tertiary/aromatic N) is 4. The van der Waals surface area contributed by atoms with E-state index in [2.05, 4.69) is 104 Å². The van der Waals surface area contributed by atoms with Crippen LogP contribution in [0, 0.1) is 0 Å². The molecule has 2 heterocycles. The highest BCUT2D eigenvalue weighted by atomic mass is 15.0. The molecule has 0 spiro atoms. The average Bonchev–Trinajstić information content (AvgIpc) is 3.31. The van der Waals surface area contributed by atoms with E-state index >= 15 is 0 Å². The van der Waals surface area contributed by atoms with E-state index in [1.54, 1.807) is 6.20 Å². The highest BCUT2D eigenvalue weighted by Gasteiger charge is 2.36. The van der Waals surface area contributed by atoms with E-state index in [4.69, 9.17) is 15.0 Å². The maximum Gasteiger partial charge on any atom is 0.164 e. The predicted octanol–water partition coefficient (Wildman–Crippen LogP) is 9.39. The number of fused-ring (bicyclic) bond motifs is 5. The minimum absolute atomic E-state index is 0.148. The van der Waals surface area contributed by atoms with Crippen LogP contribution in [0.2, 0.25) is 0 Å². The molecular weight excluding hydrogens is 524 g/mol. The molecule has 1 aliphatic carbocycles. The van der Waals surface area contributed by atoms with E-state index in [1.165, 1.54) is 33.0 Å². The van der Waals surface area contributed by atoms with Gasteiger partial charge < -0.3 is 0 Å². The third kappa shape index (κ3) is 4.22. The Balaban J connectivity index is 1.27. The Morgan fingerprint density at radius 2 is 1.12 bits per heavy atom. The quantitative estimate of drug-likeness (QED) is 0.218. The number of rotatable bonds is 4. The van der Waals surface area contributed by atoms with Crippen LogP contribution in [0.5, 0.6) is 0 Å². The molecule has 0 saturated heterocycles. The molecule has 0 bridgehead atoms. The van der Waals surface area contributed by atoms with Crippen molar-refractivity contribution in [2.45, 2.75) is 19.3 Å². The Bertz CT molecular complexity index is 2130. The van der Waals surface area contributed by atoms with E-state index in [1.807, 2.05) is 42.6 Å². The van der Waals surface area contributed by atoms with Crippen LogP contribution >= 0.6 is 0 Å². The van der Waals surface area contributed by atoms with E-state index in [-0.39, 0.29) is 5.41 Å². The zero-order valence-electron chi connectivity index (χ0n) is 24.0. The molecule has 4 nitrogen and oxygen atoms in total. The summed E-state index contributed by atoms with van der Waals surface area (Å²) in [7, 11) is 0. The standard InChI is InChI=1S/C39H28N4/c1-39(2)33-21-19-26-9-6-7-13-31(26)35(33)32-20-18-29(23-34(32)39)38-42-36(27-10-4-3-5-11-27)41-37(43-38)28-16-14-25(15-17-28)30-12-8-22-40-24-30/h3-24H,1-2H3. The fourth-order valence-corrected chi connectivity index (χ4v) is 6.34. The van der Waals surface area contributed by atoms with E-state index in [9.17, 15) is 0 Å². The van der Waals surface area contributed by atoms with Crippen molar-refractivity contribution < 1.29 is 0 Å². The zero-order chi connectivity index (χ0) is 29.0. The summed E-state index contributed by atoms with van der Waals surface area (Å²) < 4.78 is 0. The normalized spacial score (nSPS) is 13.1. The lowest BCUT2D eigenvalue weighted by molar-refractivity contribution is 0.661. The first kappa shape index (κ1) is 25.2. The molecule has 2 aromatic heterocycles. The Labute approximate surface area is 250 Å². The molecule has 4 heteroatoms. The lowest BCUT2D eigenvalue weighted by Gasteiger charge is -2.22. The Kier molecular flexibility index (Phi) is 5.76. The van der Waals surface area contributed by atoms with Gasteiger partial charge in [-0.1, -0.05) is 123 Å². The number of hydrogen-bond acceptors (Lipinski definition) is 4. The molecule has 0 aliphatic heterocycles. The Morgan fingerprint density at radius 1 is 0.488 bits per heavy atom. The lowest BCUT2D eigenvalue weighted by atomic mass is 9.81. The molecule has 43 heavy (non-hydrogen) atoms. The SMILES string of the molecule is CC1(C)c2cc(-c3nc(-c4ccccc4)nc(-c4ccc(-c5cccnc5)cc4)n3)ccc2-c2c1ccc1ccccc21. The zero-order valence-corrected chi connectivity index (χ0v) is 24.0. The molecule has 0 unspecified atom stereocenters. The minimum atomic E-state index is -0.148. The molecule has 5 aromatic carbocycles. The van der Waals surface area contributed by atoms with Gasteiger partial charge in [0.2, 0.25) is 0 Å². The number of pyridine rings is 1. The minimum Gasteiger partial charge on any atom is -0.264 e. The van der Waals surface area contributed by atoms with Crippen LogP contribution in [-0.4, -0.2) is 19.9 Å². The van der Waals surface area contributed by atoms with Gasteiger partial charge in [-0.2, -0.15) is 0 Å². The van der Waals surface area contributed by atoms with Crippen LogP contribution in [-0.2, 0) is 5.41 Å². The van der Waals surface area contributed by atoms with Crippen molar-refractivity contribution in [1.82, 2.24) is 19.9 Å². The number of benzene rings is 5. The van der Waals surface area contributed by atoms with Crippen molar-refractivity contribution in [3.05, 3.63) is 145 Å². The van der Waals surface area contributed by atoms with Crippen LogP contribution in [0.4, 0.5) is 0 Å². The van der Waals surface area contributed by atoms with Gasteiger partial charge in [0.05, 0.1) is 0 Å². The summed E-state index contributed by atoms with van der Waals surface area (Å²) in [5.74, 6) is 1.97. The summed E-state index contributed by atoms with van der Waals surface area (Å²) >= 11 is 0. The van der Waals surface area contributed by atoms with Gasteiger partial charge in [-0.25, -0.2) is 15.0 Å². The molecule has 1 aliphatic rings. The van der Waals surface area contributed by atoms with Crippen molar-refractivity contribution in [3.63, 3.8) is 0 Å². The fraction of sp³-hybridized carbons (Fsp3) is 0.0769. The van der Waals surface area contributed by atoms with Gasteiger partial charge in [0.25, 0.3) is 0 Å². The second kappa shape index (κ2) is 9.81. The van der Waals surface area contributed by atoms with Gasteiger partial charge in [0.1, 0.15) is 0 Å². The second-order valence-electron chi connectivity index (χ2n) is 11.6.